The molecule has 234 valence electrons. The molecule has 7 nitrogen and oxygen atoms in total. The van der Waals surface area contributed by atoms with E-state index >= 15 is 0 Å². The van der Waals surface area contributed by atoms with Gasteiger partial charge in [0, 0.05) is 54.1 Å². The molecule has 0 saturated carbocycles. The Kier molecular flexibility index (Phi) is 10.5. The predicted molar refractivity (Wildman–Crippen MR) is 177 cm³/mol. The summed E-state index contributed by atoms with van der Waals surface area (Å²) in [4.78, 5) is 18.2. The fourth-order valence-corrected chi connectivity index (χ4v) is 6.46. The van der Waals surface area contributed by atoms with Crippen molar-refractivity contribution in [1.82, 2.24) is 9.47 Å². The lowest BCUT2D eigenvalue weighted by Crippen LogP contribution is -2.34. The molecule has 2 saturated heterocycles. The second-order valence-electron chi connectivity index (χ2n) is 12.4. The maximum Gasteiger partial charge on any atom is 0.419 e. The van der Waals surface area contributed by atoms with Crippen LogP contribution in [0, 0.1) is 6.92 Å². The standard InChI is InChI=1S/C34H45N3O4.C2H6/c1-23-20-31(40-7)28(26-15-19-37(32(23)26)33(38)41-34(3,4)5)22-36-18-9-8-12-29(36)27-14-13-25(24(2)39-6)21-30(27)35-16-10-11-17-35;1-2/h13-15,19-21,29H,2,8-12,16-18,22H2,1,3-7H3;1-2H3. The SMILES string of the molecule is C=C(OC)c1ccc(C2CCCCN2Cc2c(OC)cc(C)c3c2ccn3C(=O)OC(C)(C)C)c(N2CCCC2)c1.CC. The van der Waals surface area contributed by atoms with Crippen LogP contribution in [0.2, 0.25) is 0 Å². The van der Waals surface area contributed by atoms with E-state index in [2.05, 4.69) is 40.6 Å². The molecule has 0 radical (unpaired) electrons. The van der Waals surface area contributed by atoms with E-state index < -0.39 is 5.60 Å². The van der Waals surface area contributed by atoms with Gasteiger partial charge in [0.25, 0.3) is 0 Å². The first kappa shape index (κ1) is 32.5. The molecule has 3 aromatic rings. The number of carbonyl (C=O) groups excluding carboxylic acids is 1. The molecule has 2 aliphatic rings. The van der Waals surface area contributed by atoms with Crippen LogP contribution in [0.3, 0.4) is 0 Å². The van der Waals surface area contributed by atoms with Gasteiger partial charge >= 0.3 is 6.09 Å². The lowest BCUT2D eigenvalue weighted by atomic mass is 9.91. The van der Waals surface area contributed by atoms with E-state index in [-0.39, 0.29) is 12.1 Å². The maximum absolute atomic E-state index is 13.1. The Morgan fingerprint density at radius 1 is 1.00 bits per heavy atom. The normalized spacial score (nSPS) is 17.4. The number of likely N-dealkylation sites (tertiary alicyclic amines) is 1. The third-order valence-corrected chi connectivity index (χ3v) is 8.42. The summed E-state index contributed by atoms with van der Waals surface area (Å²) in [5.74, 6) is 1.55. The van der Waals surface area contributed by atoms with Crippen molar-refractivity contribution in [2.24, 2.45) is 0 Å². The number of piperidine rings is 1. The quantitative estimate of drug-likeness (QED) is 0.257. The maximum atomic E-state index is 13.1. The van der Waals surface area contributed by atoms with Crippen molar-refractivity contribution < 1.29 is 19.0 Å². The van der Waals surface area contributed by atoms with Crippen molar-refractivity contribution in [2.75, 3.05) is 38.8 Å². The minimum absolute atomic E-state index is 0.276. The Balaban J connectivity index is 0.00000207. The number of hydrogen-bond donors (Lipinski definition) is 0. The summed E-state index contributed by atoms with van der Waals surface area (Å²) < 4.78 is 18.8. The van der Waals surface area contributed by atoms with E-state index in [4.69, 9.17) is 14.2 Å². The van der Waals surface area contributed by atoms with Crippen LogP contribution in [0.25, 0.3) is 16.7 Å². The van der Waals surface area contributed by atoms with Gasteiger partial charge < -0.3 is 19.1 Å². The van der Waals surface area contributed by atoms with Gasteiger partial charge in [-0.3, -0.25) is 9.47 Å². The zero-order valence-electron chi connectivity index (χ0n) is 27.6. The van der Waals surface area contributed by atoms with Crippen LogP contribution < -0.4 is 9.64 Å². The third-order valence-electron chi connectivity index (χ3n) is 8.42. The second-order valence-corrected chi connectivity index (χ2v) is 12.4. The van der Waals surface area contributed by atoms with Crippen molar-refractivity contribution in [1.29, 1.82) is 0 Å². The summed E-state index contributed by atoms with van der Waals surface area (Å²) in [6, 6.07) is 11.1. The molecule has 0 spiro atoms. The molecule has 5 rings (SSSR count). The molecule has 2 aromatic carbocycles. The monoisotopic (exact) mass is 589 g/mol. The van der Waals surface area contributed by atoms with Gasteiger partial charge in [0.05, 0.1) is 19.7 Å². The van der Waals surface area contributed by atoms with Crippen LogP contribution >= 0.6 is 0 Å². The summed E-state index contributed by atoms with van der Waals surface area (Å²) >= 11 is 0. The number of fused-ring (bicyclic) bond motifs is 1. The van der Waals surface area contributed by atoms with E-state index in [1.807, 2.05) is 53.8 Å². The Morgan fingerprint density at radius 2 is 1.70 bits per heavy atom. The van der Waals surface area contributed by atoms with Crippen molar-refractivity contribution in [3.63, 3.8) is 0 Å². The van der Waals surface area contributed by atoms with Crippen LogP contribution in [-0.4, -0.2) is 55.0 Å². The van der Waals surface area contributed by atoms with Gasteiger partial charge in [0.15, 0.2) is 0 Å². The van der Waals surface area contributed by atoms with Gasteiger partial charge in [-0.15, -0.1) is 0 Å². The summed E-state index contributed by atoms with van der Waals surface area (Å²) in [7, 11) is 3.41. The molecule has 1 aromatic heterocycles. The lowest BCUT2D eigenvalue weighted by Gasteiger charge is -2.38. The first-order valence-corrected chi connectivity index (χ1v) is 15.9. The summed E-state index contributed by atoms with van der Waals surface area (Å²) in [5.41, 5.74) is 6.09. The van der Waals surface area contributed by atoms with E-state index in [9.17, 15) is 4.79 Å². The van der Waals surface area contributed by atoms with Crippen LogP contribution in [0.1, 0.15) is 95.0 Å². The lowest BCUT2D eigenvalue weighted by molar-refractivity contribution is 0.0544. The highest BCUT2D eigenvalue weighted by Crippen LogP contribution is 2.42. The Hall–Kier alpha value is -3.45. The van der Waals surface area contributed by atoms with Crippen molar-refractivity contribution in [2.45, 2.75) is 91.8 Å². The Bertz CT molecular complexity index is 1430. The average Bonchev–Trinajstić information content (AvgIpc) is 3.70. The molecule has 1 unspecified atom stereocenters. The van der Waals surface area contributed by atoms with E-state index in [1.54, 1.807) is 18.8 Å². The summed E-state index contributed by atoms with van der Waals surface area (Å²) in [6.45, 7) is 19.7. The highest BCUT2D eigenvalue weighted by atomic mass is 16.6. The van der Waals surface area contributed by atoms with Crippen LogP contribution in [0.4, 0.5) is 10.5 Å². The van der Waals surface area contributed by atoms with Crippen LogP contribution in [0.5, 0.6) is 5.75 Å². The molecule has 2 aliphatic heterocycles. The van der Waals surface area contributed by atoms with Crippen molar-refractivity contribution in [3.8, 4) is 5.75 Å². The topological polar surface area (TPSA) is 56.2 Å². The molecule has 7 heteroatoms. The van der Waals surface area contributed by atoms with Gasteiger partial charge in [0.2, 0.25) is 0 Å². The van der Waals surface area contributed by atoms with Gasteiger partial charge in [-0.25, -0.2) is 4.79 Å². The fourth-order valence-electron chi connectivity index (χ4n) is 6.46. The number of anilines is 1. The Labute approximate surface area is 258 Å². The van der Waals surface area contributed by atoms with Crippen LogP contribution in [-0.2, 0) is 16.0 Å². The summed E-state index contributed by atoms with van der Waals surface area (Å²) in [5, 5.41) is 1.03. The predicted octanol–water partition coefficient (Wildman–Crippen LogP) is 8.71. The number of methoxy groups -OCH3 is 2. The largest absolute Gasteiger partial charge is 0.497 e. The van der Waals surface area contributed by atoms with Gasteiger partial charge in [0.1, 0.15) is 17.1 Å². The molecule has 2 fully saturated rings. The smallest absolute Gasteiger partial charge is 0.419 e. The number of carbonyl (C=O) groups is 1. The zero-order valence-corrected chi connectivity index (χ0v) is 27.6. The molecule has 0 bridgehead atoms. The number of rotatable bonds is 7. The molecule has 0 amide bonds. The highest BCUT2D eigenvalue weighted by molar-refractivity contribution is 5.95. The summed E-state index contributed by atoms with van der Waals surface area (Å²) in [6.07, 6.45) is 7.35. The molecule has 43 heavy (non-hydrogen) atoms. The third kappa shape index (κ3) is 7.04. The number of aromatic nitrogens is 1. The number of nitrogens with zero attached hydrogens (tertiary/aromatic N) is 3. The molecule has 3 heterocycles. The van der Waals surface area contributed by atoms with E-state index in [0.717, 1.165) is 72.4 Å². The van der Waals surface area contributed by atoms with Gasteiger partial charge in [-0.2, -0.15) is 0 Å². The molecular weight excluding hydrogens is 538 g/mol. The highest BCUT2D eigenvalue weighted by Gasteiger charge is 2.30. The molecule has 0 N–H and O–H groups in total. The molecule has 0 aliphatic carbocycles. The van der Waals surface area contributed by atoms with E-state index in [1.165, 1.54) is 30.5 Å². The zero-order chi connectivity index (χ0) is 31.3. The second kappa shape index (κ2) is 13.9. The minimum atomic E-state index is -0.573. The van der Waals surface area contributed by atoms with E-state index in [0.29, 0.717) is 5.76 Å². The Morgan fingerprint density at radius 3 is 2.35 bits per heavy atom. The van der Waals surface area contributed by atoms with Gasteiger partial charge in [-0.1, -0.05) is 39.0 Å². The number of aryl methyl sites for hydroxylation is 1. The van der Waals surface area contributed by atoms with Gasteiger partial charge in [-0.05, 0) is 89.2 Å². The first-order valence-electron chi connectivity index (χ1n) is 15.9. The molecular formula is C36H51N3O4. The van der Waals surface area contributed by atoms with Crippen LogP contribution in [0.15, 0.2) is 43.1 Å². The number of hydrogen-bond acceptors (Lipinski definition) is 6. The minimum Gasteiger partial charge on any atom is -0.497 e. The average molecular weight is 590 g/mol. The number of ether oxygens (including phenoxy) is 3. The fraction of sp³-hybridized carbons (Fsp3) is 0.528. The van der Waals surface area contributed by atoms with Crippen molar-refractivity contribution >= 4 is 28.4 Å². The van der Waals surface area contributed by atoms with Crippen molar-refractivity contribution in [3.05, 3.63) is 65.4 Å². The molecule has 1 atom stereocenters. The number of benzene rings is 2. The first-order chi connectivity index (χ1) is 20.6.